The normalized spacial score (nSPS) is 15.7. The highest BCUT2D eigenvalue weighted by Gasteiger charge is 2.25. The van der Waals surface area contributed by atoms with Gasteiger partial charge in [0.05, 0.1) is 0 Å². The first-order valence-corrected chi connectivity index (χ1v) is 6.76. The van der Waals surface area contributed by atoms with Crippen LogP contribution in [0.1, 0.15) is 18.4 Å². The molecular weight excluding hydrogens is 276 g/mol. The third kappa shape index (κ3) is 3.77. The van der Waals surface area contributed by atoms with Gasteiger partial charge in [0.1, 0.15) is 6.04 Å². The molecule has 1 fully saturated rings. The van der Waals surface area contributed by atoms with E-state index >= 15 is 0 Å². The van der Waals surface area contributed by atoms with Crippen molar-refractivity contribution in [3.63, 3.8) is 0 Å². The number of benzene rings is 1. The maximum absolute atomic E-state index is 11.9. The summed E-state index contributed by atoms with van der Waals surface area (Å²) in [7, 11) is 0. The van der Waals surface area contributed by atoms with Gasteiger partial charge in [-0.05, 0) is 30.5 Å². The third-order valence-corrected chi connectivity index (χ3v) is 3.47. The molecule has 7 heteroatoms. The fraction of sp³-hybridized carbons (Fsp3) is 0.429. The van der Waals surface area contributed by atoms with E-state index < -0.39 is 12.0 Å². The molecular formula is C14H18N2O5. The monoisotopic (exact) mass is 294 g/mol. The Bertz CT molecular complexity index is 540. The van der Waals surface area contributed by atoms with E-state index in [2.05, 4.69) is 5.32 Å². The van der Waals surface area contributed by atoms with Crippen LogP contribution in [0.15, 0.2) is 18.2 Å². The number of hydrogen-bond donors (Lipinski definition) is 4. The first-order chi connectivity index (χ1) is 9.97. The number of nitrogens with one attached hydrogen (secondary N) is 1. The Labute approximate surface area is 121 Å². The second-order valence-electron chi connectivity index (χ2n) is 5.06. The summed E-state index contributed by atoms with van der Waals surface area (Å²) >= 11 is 0. The van der Waals surface area contributed by atoms with E-state index in [-0.39, 0.29) is 24.0 Å². The molecule has 1 unspecified atom stereocenters. The van der Waals surface area contributed by atoms with Crippen molar-refractivity contribution in [3.8, 4) is 11.5 Å². The number of aliphatic carboxylic acids is 1. The van der Waals surface area contributed by atoms with Gasteiger partial charge in [0.25, 0.3) is 0 Å². The molecule has 0 radical (unpaired) electrons. The number of amides is 2. The molecule has 2 rings (SSSR count). The van der Waals surface area contributed by atoms with Crippen molar-refractivity contribution in [3.05, 3.63) is 23.8 Å². The van der Waals surface area contributed by atoms with Gasteiger partial charge in [0.15, 0.2) is 11.5 Å². The fourth-order valence-corrected chi connectivity index (χ4v) is 2.29. The van der Waals surface area contributed by atoms with Gasteiger partial charge in [0, 0.05) is 19.5 Å². The summed E-state index contributed by atoms with van der Waals surface area (Å²) in [4.78, 5) is 24.8. The van der Waals surface area contributed by atoms with Gasteiger partial charge < -0.3 is 25.5 Å². The topological polar surface area (TPSA) is 110 Å². The molecule has 1 heterocycles. The first kappa shape index (κ1) is 15.0. The van der Waals surface area contributed by atoms with Crippen LogP contribution in [-0.2, 0) is 11.2 Å². The highest BCUT2D eigenvalue weighted by Crippen LogP contribution is 2.25. The van der Waals surface area contributed by atoms with Crippen LogP contribution in [0.4, 0.5) is 4.79 Å². The van der Waals surface area contributed by atoms with E-state index in [0.717, 1.165) is 12.8 Å². The molecule has 1 aliphatic rings. The van der Waals surface area contributed by atoms with Gasteiger partial charge in [-0.15, -0.1) is 0 Å². The van der Waals surface area contributed by atoms with Crippen molar-refractivity contribution in [2.24, 2.45) is 0 Å². The number of carboxylic acid groups (broad SMARTS) is 1. The summed E-state index contributed by atoms with van der Waals surface area (Å²) in [6.07, 6.45) is 1.89. The zero-order chi connectivity index (χ0) is 15.4. The fourth-order valence-electron chi connectivity index (χ4n) is 2.29. The number of phenolic OH excluding ortho intramolecular Hbond substituents is 2. The molecule has 2 amide bonds. The van der Waals surface area contributed by atoms with E-state index in [0.29, 0.717) is 18.7 Å². The predicted octanol–water partition coefficient (Wildman–Crippen LogP) is 0.899. The number of aromatic hydroxyl groups is 2. The van der Waals surface area contributed by atoms with E-state index in [9.17, 15) is 24.9 Å². The number of carbonyl (C=O) groups excluding carboxylic acids is 1. The minimum Gasteiger partial charge on any atom is -0.504 e. The lowest BCUT2D eigenvalue weighted by Crippen LogP contribution is -2.48. The Morgan fingerprint density at radius 1 is 1.19 bits per heavy atom. The molecule has 21 heavy (non-hydrogen) atoms. The summed E-state index contributed by atoms with van der Waals surface area (Å²) in [5, 5.41) is 30.3. The van der Waals surface area contributed by atoms with Crippen molar-refractivity contribution in [2.45, 2.75) is 25.3 Å². The standard InChI is InChI=1S/C14H18N2O5/c17-11-4-3-9(8-12(11)18)7-10(13(19)20)15-14(21)16-5-1-2-6-16/h3-4,8,10,17-18H,1-2,5-7H2,(H,15,21)(H,19,20). The molecule has 0 saturated carbocycles. The van der Waals surface area contributed by atoms with Crippen LogP contribution < -0.4 is 5.32 Å². The van der Waals surface area contributed by atoms with Crippen LogP contribution in [0.25, 0.3) is 0 Å². The molecule has 0 aliphatic carbocycles. The highest BCUT2D eigenvalue weighted by atomic mass is 16.4. The zero-order valence-electron chi connectivity index (χ0n) is 11.5. The lowest BCUT2D eigenvalue weighted by atomic mass is 10.1. The van der Waals surface area contributed by atoms with Crippen LogP contribution in [-0.4, -0.2) is 51.4 Å². The molecule has 4 N–H and O–H groups in total. The summed E-state index contributed by atoms with van der Waals surface area (Å²) in [5.74, 6) is -1.73. The minimum atomic E-state index is -1.14. The van der Waals surface area contributed by atoms with Crippen molar-refractivity contribution in [1.82, 2.24) is 10.2 Å². The van der Waals surface area contributed by atoms with Gasteiger partial charge in [-0.25, -0.2) is 9.59 Å². The maximum atomic E-state index is 11.9. The molecule has 1 aromatic rings. The van der Waals surface area contributed by atoms with E-state index in [1.165, 1.54) is 18.2 Å². The van der Waals surface area contributed by atoms with Crippen molar-refractivity contribution < 1.29 is 24.9 Å². The minimum absolute atomic E-state index is 0.0305. The summed E-state index contributed by atoms with van der Waals surface area (Å²) in [6.45, 7) is 1.27. The maximum Gasteiger partial charge on any atom is 0.326 e. The number of likely N-dealkylation sites (tertiary alicyclic amines) is 1. The number of rotatable bonds is 4. The lowest BCUT2D eigenvalue weighted by Gasteiger charge is -2.20. The van der Waals surface area contributed by atoms with Gasteiger partial charge >= 0.3 is 12.0 Å². The number of phenols is 2. The second kappa shape index (κ2) is 6.34. The van der Waals surface area contributed by atoms with Gasteiger partial charge in [0.2, 0.25) is 0 Å². The highest BCUT2D eigenvalue weighted by molar-refractivity contribution is 5.83. The van der Waals surface area contributed by atoms with Gasteiger partial charge in [-0.2, -0.15) is 0 Å². The van der Waals surface area contributed by atoms with Gasteiger partial charge in [-0.3, -0.25) is 0 Å². The number of hydrogen-bond acceptors (Lipinski definition) is 4. The number of carboxylic acids is 1. The lowest BCUT2D eigenvalue weighted by molar-refractivity contribution is -0.139. The Balaban J connectivity index is 2.03. The Morgan fingerprint density at radius 2 is 1.86 bits per heavy atom. The van der Waals surface area contributed by atoms with E-state index in [1.54, 1.807) is 4.90 Å². The molecule has 7 nitrogen and oxygen atoms in total. The van der Waals surface area contributed by atoms with E-state index in [4.69, 9.17) is 0 Å². The first-order valence-electron chi connectivity index (χ1n) is 6.76. The second-order valence-corrected chi connectivity index (χ2v) is 5.06. The molecule has 1 saturated heterocycles. The molecule has 1 aromatic carbocycles. The quantitative estimate of drug-likeness (QED) is 0.617. The van der Waals surface area contributed by atoms with Crippen molar-refractivity contribution >= 4 is 12.0 Å². The SMILES string of the molecule is O=C(O)C(Cc1ccc(O)c(O)c1)NC(=O)N1CCCC1. The number of urea groups is 1. The summed E-state index contributed by atoms with van der Waals surface area (Å²) in [5.41, 5.74) is 0.513. The Kier molecular flexibility index (Phi) is 4.52. The largest absolute Gasteiger partial charge is 0.504 e. The van der Waals surface area contributed by atoms with Crippen LogP contribution in [0, 0.1) is 0 Å². The molecule has 0 spiro atoms. The number of carbonyl (C=O) groups is 2. The van der Waals surface area contributed by atoms with Crippen LogP contribution in [0.3, 0.4) is 0 Å². The summed E-state index contributed by atoms with van der Waals surface area (Å²) in [6, 6.07) is 2.61. The van der Waals surface area contributed by atoms with E-state index in [1.807, 2.05) is 0 Å². The average molecular weight is 294 g/mol. The van der Waals surface area contributed by atoms with Gasteiger partial charge in [-0.1, -0.05) is 6.07 Å². The Hall–Kier alpha value is -2.44. The average Bonchev–Trinajstić information content (AvgIpc) is 2.96. The molecule has 1 atom stereocenters. The van der Waals surface area contributed by atoms with Crippen LogP contribution in [0.2, 0.25) is 0 Å². The summed E-state index contributed by atoms with van der Waals surface area (Å²) < 4.78 is 0. The van der Waals surface area contributed by atoms with Crippen LogP contribution in [0.5, 0.6) is 11.5 Å². The Morgan fingerprint density at radius 3 is 2.43 bits per heavy atom. The smallest absolute Gasteiger partial charge is 0.326 e. The third-order valence-electron chi connectivity index (χ3n) is 3.47. The molecule has 0 aromatic heterocycles. The molecule has 114 valence electrons. The van der Waals surface area contributed by atoms with Crippen molar-refractivity contribution in [2.75, 3.05) is 13.1 Å². The van der Waals surface area contributed by atoms with Crippen molar-refractivity contribution in [1.29, 1.82) is 0 Å². The number of nitrogens with zero attached hydrogens (tertiary/aromatic N) is 1. The van der Waals surface area contributed by atoms with Crippen LogP contribution >= 0.6 is 0 Å². The molecule has 1 aliphatic heterocycles. The zero-order valence-corrected chi connectivity index (χ0v) is 11.5. The molecule has 0 bridgehead atoms. The predicted molar refractivity (Wildman–Crippen MR) is 74.2 cm³/mol.